The van der Waals surface area contributed by atoms with E-state index >= 15 is 0 Å². The maximum Gasteiger partial charge on any atom is 0.302 e. The molecule has 0 aliphatic rings. The van der Waals surface area contributed by atoms with Gasteiger partial charge < -0.3 is 43.8 Å². The van der Waals surface area contributed by atoms with Crippen molar-refractivity contribution in [3.05, 3.63) is 71.4 Å². The molecule has 0 radical (unpaired) electrons. The fraction of sp³-hybridized carbons (Fsp3) is 0.618. The number of esters is 2. The van der Waals surface area contributed by atoms with Gasteiger partial charge in [-0.2, -0.15) is 0 Å². The Kier molecular flexibility index (Phi) is 35.4. The lowest BCUT2D eigenvalue weighted by molar-refractivity contribution is -0.145. The summed E-state index contributed by atoms with van der Waals surface area (Å²) < 4.78 is 25.9. The van der Waals surface area contributed by atoms with E-state index in [0.29, 0.717) is 35.3 Å². The van der Waals surface area contributed by atoms with E-state index < -0.39 is 36.4 Å². The van der Waals surface area contributed by atoms with Gasteiger partial charge in [-0.25, -0.2) is 0 Å². The smallest absolute Gasteiger partial charge is 0.302 e. The molecular weight excluding hydrogens is 853 g/mol. The third-order valence-electron chi connectivity index (χ3n) is 11.2. The molecule has 376 valence electrons. The van der Waals surface area contributed by atoms with Crippen molar-refractivity contribution in [2.24, 2.45) is 0 Å². The quantitative estimate of drug-likeness (QED) is 0.0193. The fourth-order valence-electron chi connectivity index (χ4n) is 7.48. The first-order valence-corrected chi connectivity index (χ1v) is 24.6. The van der Waals surface area contributed by atoms with Crippen LogP contribution in [0.25, 0.3) is 22.3 Å². The number of unbranched alkanes of at least 4 members (excludes halogenated alkanes) is 18. The van der Waals surface area contributed by atoms with Crippen molar-refractivity contribution in [2.75, 3.05) is 27.4 Å². The van der Waals surface area contributed by atoms with E-state index in [4.69, 9.17) is 29.8 Å². The Morgan fingerprint density at radius 1 is 0.642 bits per heavy atom. The predicted octanol–water partition coefficient (Wildman–Crippen LogP) is 11.2. The van der Waals surface area contributed by atoms with Gasteiger partial charge in [0.05, 0.1) is 44.0 Å². The van der Waals surface area contributed by atoms with Crippen molar-refractivity contribution in [1.29, 1.82) is 0 Å². The molecular formula is C55H84O12. The second-order valence-electron chi connectivity index (χ2n) is 17.2. The largest absolute Gasteiger partial charge is 0.493 e. The predicted molar refractivity (Wildman–Crippen MR) is 268 cm³/mol. The summed E-state index contributed by atoms with van der Waals surface area (Å²) in [5.74, 6) is 2.97. The minimum Gasteiger partial charge on any atom is -0.493 e. The maximum absolute atomic E-state index is 12.6. The second kappa shape index (κ2) is 39.3. The van der Waals surface area contributed by atoms with Crippen LogP contribution in [0.2, 0.25) is 0 Å². The Bertz CT molecular complexity index is 1830. The van der Waals surface area contributed by atoms with Gasteiger partial charge in [-0.05, 0) is 44.2 Å². The van der Waals surface area contributed by atoms with Gasteiger partial charge in [0.1, 0.15) is 13.2 Å². The lowest BCUT2D eigenvalue weighted by Gasteiger charge is -2.15. The van der Waals surface area contributed by atoms with Crippen LogP contribution in [-0.2, 0) is 19.1 Å². The first-order valence-electron chi connectivity index (χ1n) is 24.6. The standard InChI is InChI=1S/C19H36O4.C19H34O4.C17H14O4/c2*1-3-4-5-6-7-8-9-10-11-12-13-14-18(21)15-19(22)16-23-17(2)20;1-19-13-10-6-9-12-14(18)17(20-2)15(21-16(12)13)11-7-4-3-5-8-11/h3,18-19,21-22H,1,4-16H2,2H3;1,18-19,21-22H,4-16H2,2H3;3-10H,1-2H3. The Balaban J connectivity index is 0.000000502. The monoisotopic (exact) mass is 937 g/mol. The normalized spacial score (nSPS) is 12.5. The lowest BCUT2D eigenvalue weighted by Crippen LogP contribution is -2.23. The summed E-state index contributed by atoms with van der Waals surface area (Å²) in [5, 5.41) is 39.3. The minimum absolute atomic E-state index is 0.0286. The van der Waals surface area contributed by atoms with Crippen LogP contribution in [0.1, 0.15) is 168 Å². The van der Waals surface area contributed by atoms with Gasteiger partial charge in [0.25, 0.3) is 0 Å². The molecule has 3 rings (SSSR count). The molecule has 0 aliphatic carbocycles. The zero-order valence-electron chi connectivity index (χ0n) is 41.2. The molecule has 0 saturated carbocycles. The Hall–Kier alpha value is -4.67. The van der Waals surface area contributed by atoms with Crippen molar-refractivity contribution >= 4 is 22.9 Å². The summed E-state index contributed by atoms with van der Waals surface area (Å²) in [5.41, 5.74) is 0.986. The molecule has 12 nitrogen and oxygen atoms in total. The molecule has 4 atom stereocenters. The van der Waals surface area contributed by atoms with E-state index in [9.17, 15) is 34.8 Å². The molecule has 4 N–H and O–H groups in total. The van der Waals surface area contributed by atoms with Gasteiger partial charge in [-0.15, -0.1) is 18.9 Å². The molecule has 0 saturated heterocycles. The van der Waals surface area contributed by atoms with Crippen LogP contribution in [0.3, 0.4) is 0 Å². The van der Waals surface area contributed by atoms with Crippen molar-refractivity contribution in [1.82, 2.24) is 0 Å². The van der Waals surface area contributed by atoms with Gasteiger partial charge in [0.2, 0.25) is 11.2 Å². The number of aliphatic hydroxyl groups excluding tert-OH is 4. The molecule has 0 spiro atoms. The number of hydrogen-bond donors (Lipinski definition) is 4. The lowest BCUT2D eigenvalue weighted by atomic mass is 10.0. The first-order chi connectivity index (χ1) is 32.4. The molecule has 4 unspecified atom stereocenters. The summed E-state index contributed by atoms with van der Waals surface area (Å²) in [6.45, 7) is 6.28. The van der Waals surface area contributed by atoms with Crippen molar-refractivity contribution in [3.63, 3.8) is 0 Å². The molecule has 1 heterocycles. The van der Waals surface area contributed by atoms with Crippen LogP contribution in [0.5, 0.6) is 11.5 Å². The topological polar surface area (TPSA) is 182 Å². The molecule has 12 heteroatoms. The van der Waals surface area contributed by atoms with Crippen LogP contribution in [-0.4, -0.2) is 84.2 Å². The van der Waals surface area contributed by atoms with Gasteiger partial charge in [-0.3, -0.25) is 14.4 Å². The molecule has 0 fully saturated rings. The second-order valence-corrected chi connectivity index (χ2v) is 17.2. The summed E-state index contributed by atoms with van der Waals surface area (Å²) >= 11 is 0. The maximum atomic E-state index is 12.6. The van der Waals surface area contributed by atoms with Crippen molar-refractivity contribution in [3.8, 4) is 35.2 Å². The molecule has 1 aromatic heterocycles. The molecule has 0 amide bonds. The molecule has 67 heavy (non-hydrogen) atoms. The number of ether oxygens (including phenoxy) is 4. The zero-order valence-corrected chi connectivity index (χ0v) is 41.2. The molecule has 0 bridgehead atoms. The van der Waals surface area contributed by atoms with E-state index in [1.54, 1.807) is 25.3 Å². The van der Waals surface area contributed by atoms with Crippen LogP contribution < -0.4 is 14.9 Å². The van der Waals surface area contributed by atoms with Crippen LogP contribution in [0.4, 0.5) is 0 Å². The number of carbonyl (C=O) groups excluding carboxylic acids is 2. The number of methoxy groups -OCH3 is 2. The number of fused-ring (bicyclic) bond motifs is 1. The van der Waals surface area contributed by atoms with Gasteiger partial charge >= 0.3 is 11.9 Å². The average Bonchev–Trinajstić information content (AvgIpc) is 3.31. The number of hydrogen-bond acceptors (Lipinski definition) is 12. The summed E-state index contributed by atoms with van der Waals surface area (Å²) in [6, 6.07) is 14.6. The number of allylic oxidation sites excluding steroid dienone is 1. The van der Waals surface area contributed by atoms with E-state index in [0.717, 1.165) is 50.5 Å². The zero-order chi connectivity index (χ0) is 49.5. The third kappa shape index (κ3) is 29.6. The Morgan fingerprint density at radius 3 is 1.54 bits per heavy atom. The SMILES string of the molecule is C#CCCCCCCCCCCCC(O)CC(O)COC(C)=O.C=CCCCCCCCCCCCC(O)CC(O)COC(C)=O.COc1c(-c2ccccc2)oc2c(OC)cccc2c1=O. The number of rotatable bonds is 34. The first kappa shape index (κ1) is 60.3. The summed E-state index contributed by atoms with van der Waals surface area (Å²) in [6.07, 6.45) is 30.5. The number of aliphatic hydroxyl groups is 4. The van der Waals surface area contributed by atoms with E-state index in [-0.39, 0.29) is 37.2 Å². The van der Waals surface area contributed by atoms with Crippen LogP contribution in [0, 0.1) is 12.3 Å². The fourth-order valence-corrected chi connectivity index (χ4v) is 7.48. The van der Waals surface area contributed by atoms with Crippen molar-refractivity contribution in [2.45, 2.75) is 192 Å². The number of terminal acetylenes is 1. The van der Waals surface area contributed by atoms with E-state index in [1.807, 2.05) is 36.4 Å². The number of para-hydroxylation sites is 1. The van der Waals surface area contributed by atoms with Crippen LogP contribution in [0.15, 0.2) is 70.4 Å². The highest BCUT2D eigenvalue weighted by Crippen LogP contribution is 2.34. The van der Waals surface area contributed by atoms with Gasteiger partial charge in [0.15, 0.2) is 17.1 Å². The highest BCUT2D eigenvalue weighted by molar-refractivity contribution is 5.86. The molecule has 0 aliphatic heterocycles. The number of carbonyl (C=O) groups is 2. The molecule has 3 aromatic rings. The van der Waals surface area contributed by atoms with Gasteiger partial charge in [0, 0.05) is 38.7 Å². The summed E-state index contributed by atoms with van der Waals surface area (Å²) in [7, 11) is 3.01. The number of benzene rings is 2. The van der Waals surface area contributed by atoms with Crippen LogP contribution >= 0.6 is 0 Å². The van der Waals surface area contributed by atoms with E-state index in [1.165, 1.54) is 104 Å². The highest BCUT2D eigenvalue weighted by atomic mass is 16.5. The van der Waals surface area contributed by atoms with E-state index in [2.05, 4.69) is 12.5 Å². The highest BCUT2D eigenvalue weighted by Gasteiger charge is 2.19. The summed E-state index contributed by atoms with van der Waals surface area (Å²) in [4.78, 5) is 33.8. The Labute approximate surface area is 401 Å². The van der Waals surface area contributed by atoms with Gasteiger partial charge in [-0.1, -0.05) is 145 Å². The van der Waals surface area contributed by atoms with Crippen molar-refractivity contribution < 1.29 is 53.4 Å². The average molecular weight is 937 g/mol. The Morgan fingerprint density at radius 2 is 1.10 bits per heavy atom. The molecule has 2 aromatic carbocycles. The third-order valence-corrected chi connectivity index (χ3v) is 11.2. The minimum atomic E-state index is -0.775.